The van der Waals surface area contributed by atoms with Crippen LogP contribution < -0.4 is 11.5 Å². The molecule has 3 rings (SSSR count). The van der Waals surface area contributed by atoms with Gasteiger partial charge >= 0.3 is 142 Å². The number of rotatable bonds is 4. The summed E-state index contributed by atoms with van der Waals surface area (Å²) in [6.07, 6.45) is 3.35. The molecule has 1 aliphatic heterocycles. The van der Waals surface area contributed by atoms with Crippen LogP contribution >= 0.6 is 0 Å². The summed E-state index contributed by atoms with van der Waals surface area (Å²) < 4.78 is 7.40. The number of hydrogen-bond donors (Lipinski definition) is 4. The van der Waals surface area contributed by atoms with E-state index in [1.54, 1.807) is 0 Å². The summed E-state index contributed by atoms with van der Waals surface area (Å²) in [6, 6.07) is 0. The Bertz CT molecular complexity index is 791. The summed E-state index contributed by atoms with van der Waals surface area (Å²) in [6.45, 7) is 0. The number of nitrogens with zero attached hydrogens (tertiary/aromatic N) is 4. The van der Waals surface area contributed by atoms with E-state index >= 15 is 0 Å². The molecule has 2 aromatic rings. The first-order valence-electron chi connectivity index (χ1n) is 7.22. The Morgan fingerprint density at radius 3 is 2.83 bits per heavy atom. The van der Waals surface area contributed by atoms with Crippen LogP contribution in [0.2, 0.25) is 16.5 Å². The number of ether oxygens (including phenoxy) is 1. The summed E-state index contributed by atoms with van der Waals surface area (Å²) in [7, 11) is 0. The number of hydrogen-bond acceptors (Lipinski definition) is 8. The van der Waals surface area contributed by atoms with Gasteiger partial charge in [-0.3, -0.25) is 0 Å². The van der Waals surface area contributed by atoms with Gasteiger partial charge in [-0.2, -0.15) is 0 Å². The first kappa shape index (κ1) is 16.9. The molecular weight excluding hydrogens is 379 g/mol. The van der Waals surface area contributed by atoms with Crippen LogP contribution in [0.5, 0.6) is 0 Å². The minimum absolute atomic E-state index is 0.000597. The zero-order valence-corrected chi connectivity index (χ0v) is 14.7. The molecule has 0 saturated carbocycles. The predicted octanol–water partition coefficient (Wildman–Crippen LogP) is -0.632. The number of aromatic nitrogens is 4. The SMILES string of the molecule is C#CC[Se+](C)C[C@H]1O[C@@H](n2cnc3c(N)nc(N)nc32)[C@H](O)[C@@H]1O. The maximum atomic E-state index is 10.4. The Kier molecular flexibility index (Phi) is 4.62. The molecule has 0 radical (unpaired) electrons. The number of aliphatic hydroxyl groups is 2. The number of imidazole rings is 1. The normalized spacial score (nSPS) is 28.1. The standard InChI is InChI=1S/C14H19N6O3Se/c1-3-4-24(2)5-7-9(21)10(22)13(23-7)20-6-17-8-11(15)18-14(16)19-12(8)20/h1,6-7,9-10,13,21-22H,4-5H2,2H3,(H4,15,16,18,19)/q+1/t7-,9-,10-,13-,24?/m1/s1. The zero-order valence-electron chi connectivity index (χ0n) is 13.0. The van der Waals surface area contributed by atoms with Gasteiger partial charge < -0.3 is 0 Å². The Morgan fingerprint density at radius 2 is 2.12 bits per heavy atom. The second kappa shape index (κ2) is 6.55. The second-order valence-electron chi connectivity index (χ2n) is 5.63. The molecule has 1 unspecified atom stereocenters. The molecule has 0 amide bonds. The summed E-state index contributed by atoms with van der Waals surface area (Å²) in [5, 5.41) is 22.0. The van der Waals surface area contributed by atoms with Crippen LogP contribution in [-0.2, 0) is 4.74 Å². The Hall–Kier alpha value is -1.89. The summed E-state index contributed by atoms with van der Waals surface area (Å²) in [5.74, 6) is 4.88. The van der Waals surface area contributed by atoms with E-state index in [-0.39, 0.29) is 11.8 Å². The molecule has 5 atom stereocenters. The van der Waals surface area contributed by atoms with E-state index in [0.29, 0.717) is 21.8 Å². The third-order valence-corrected chi connectivity index (χ3v) is 7.12. The van der Waals surface area contributed by atoms with Gasteiger partial charge in [0.2, 0.25) is 0 Å². The third kappa shape index (κ3) is 2.92. The fourth-order valence-electron chi connectivity index (χ4n) is 2.72. The number of anilines is 2. The van der Waals surface area contributed by atoms with Crippen molar-refractivity contribution >= 4 is 36.8 Å². The number of terminal acetylenes is 1. The van der Waals surface area contributed by atoms with Gasteiger partial charge in [0.1, 0.15) is 0 Å². The van der Waals surface area contributed by atoms with Crippen LogP contribution in [0.1, 0.15) is 6.23 Å². The van der Waals surface area contributed by atoms with Crippen LogP contribution in [0.15, 0.2) is 6.33 Å². The molecule has 6 N–H and O–H groups in total. The van der Waals surface area contributed by atoms with Crippen molar-refractivity contribution in [3.05, 3.63) is 6.33 Å². The summed E-state index contributed by atoms with van der Waals surface area (Å²) in [4.78, 5) is 12.1. The van der Waals surface area contributed by atoms with Crippen molar-refractivity contribution in [3.8, 4) is 12.3 Å². The summed E-state index contributed by atoms with van der Waals surface area (Å²) >= 11 is -1.08. The molecule has 9 nitrogen and oxygen atoms in total. The molecule has 0 bridgehead atoms. The van der Waals surface area contributed by atoms with E-state index in [2.05, 4.69) is 26.7 Å². The van der Waals surface area contributed by atoms with Gasteiger partial charge in [-0.05, 0) is 0 Å². The van der Waals surface area contributed by atoms with E-state index in [9.17, 15) is 10.2 Å². The Morgan fingerprint density at radius 1 is 1.38 bits per heavy atom. The topological polar surface area (TPSA) is 145 Å². The van der Waals surface area contributed by atoms with Gasteiger partial charge in [-0.15, -0.1) is 0 Å². The third-order valence-electron chi connectivity index (χ3n) is 3.86. The average Bonchev–Trinajstić information content (AvgIpc) is 3.04. The van der Waals surface area contributed by atoms with E-state index in [4.69, 9.17) is 22.6 Å². The van der Waals surface area contributed by atoms with Crippen molar-refractivity contribution < 1.29 is 14.9 Å². The molecule has 0 aromatic carbocycles. The predicted molar refractivity (Wildman–Crippen MR) is 90.1 cm³/mol. The van der Waals surface area contributed by atoms with Gasteiger partial charge in [0.15, 0.2) is 0 Å². The molecule has 0 spiro atoms. The van der Waals surface area contributed by atoms with E-state index < -0.39 is 38.4 Å². The first-order chi connectivity index (χ1) is 11.4. The number of aliphatic hydroxyl groups excluding tert-OH is 2. The Labute approximate surface area is 142 Å². The maximum absolute atomic E-state index is 10.4. The molecule has 24 heavy (non-hydrogen) atoms. The second-order valence-corrected chi connectivity index (χ2v) is 10.2. The molecule has 3 heterocycles. The molecular formula is C14H19N6O3Se+. The number of fused-ring (bicyclic) bond motifs is 1. The summed E-state index contributed by atoms with van der Waals surface area (Å²) in [5.41, 5.74) is 12.1. The van der Waals surface area contributed by atoms with Gasteiger partial charge in [-0.25, -0.2) is 0 Å². The zero-order chi connectivity index (χ0) is 17.4. The van der Waals surface area contributed by atoms with E-state index in [0.717, 1.165) is 0 Å². The van der Waals surface area contributed by atoms with E-state index in [1.807, 2.05) is 0 Å². The molecule has 0 aliphatic carbocycles. The van der Waals surface area contributed by atoms with Gasteiger partial charge in [0.05, 0.1) is 0 Å². The van der Waals surface area contributed by atoms with Crippen molar-refractivity contribution in [3.63, 3.8) is 0 Å². The Balaban J connectivity index is 1.89. The van der Waals surface area contributed by atoms with Crippen molar-refractivity contribution in [2.75, 3.05) is 11.5 Å². The molecule has 1 saturated heterocycles. The van der Waals surface area contributed by atoms with Crippen molar-refractivity contribution in [2.24, 2.45) is 0 Å². The van der Waals surface area contributed by atoms with Gasteiger partial charge in [-0.1, -0.05) is 0 Å². The van der Waals surface area contributed by atoms with Crippen LogP contribution in [0.3, 0.4) is 0 Å². The fraction of sp³-hybridized carbons (Fsp3) is 0.500. The molecule has 2 aromatic heterocycles. The monoisotopic (exact) mass is 399 g/mol. The first-order valence-corrected chi connectivity index (χ1v) is 11.4. The average molecular weight is 398 g/mol. The van der Waals surface area contributed by atoms with Crippen LogP contribution in [-0.4, -0.2) is 61.9 Å². The molecule has 1 fully saturated rings. The minimum atomic E-state index is -1.12. The quantitative estimate of drug-likeness (QED) is 0.393. The van der Waals surface area contributed by atoms with Crippen molar-refractivity contribution in [1.29, 1.82) is 0 Å². The number of nitrogen functional groups attached to an aromatic ring is 2. The molecule has 1 aliphatic rings. The van der Waals surface area contributed by atoms with Crippen molar-refractivity contribution in [2.45, 2.75) is 41.0 Å². The van der Waals surface area contributed by atoms with E-state index in [1.165, 1.54) is 10.9 Å². The fourth-order valence-corrected chi connectivity index (χ4v) is 5.32. The van der Waals surface area contributed by atoms with Gasteiger partial charge in [0.25, 0.3) is 0 Å². The van der Waals surface area contributed by atoms with Crippen LogP contribution in [0.4, 0.5) is 11.8 Å². The molecule has 10 heteroatoms. The van der Waals surface area contributed by atoms with Crippen molar-refractivity contribution in [1.82, 2.24) is 19.5 Å². The number of nitrogens with two attached hydrogens (primary N) is 2. The van der Waals surface area contributed by atoms with Crippen LogP contribution in [0, 0.1) is 12.3 Å². The van der Waals surface area contributed by atoms with Crippen LogP contribution in [0.25, 0.3) is 11.2 Å². The van der Waals surface area contributed by atoms with Gasteiger partial charge in [0, 0.05) is 0 Å². The molecule has 128 valence electrons.